The molecule has 2 aliphatic rings. The lowest BCUT2D eigenvalue weighted by atomic mass is 10.0. The summed E-state index contributed by atoms with van der Waals surface area (Å²) in [6.07, 6.45) is 0. The Morgan fingerprint density at radius 2 is 1.94 bits per heavy atom. The SMILES string of the molecule is COc1ccccc1C(=O)N1CC2CNCC2C1. The van der Waals surface area contributed by atoms with Gasteiger partial charge >= 0.3 is 0 Å². The minimum Gasteiger partial charge on any atom is -0.496 e. The number of hydrogen-bond acceptors (Lipinski definition) is 3. The first kappa shape index (κ1) is 11.5. The van der Waals surface area contributed by atoms with E-state index in [0.29, 0.717) is 23.1 Å². The van der Waals surface area contributed by atoms with Crippen molar-refractivity contribution in [2.45, 2.75) is 0 Å². The molecule has 1 amide bonds. The maximum absolute atomic E-state index is 12.5. The van der Waals surface area contributed by atoms with Crippen LogP contribution < -0.4 is 10.1 Å². The molecular formula is C14H18N2O2. The summed E-state index contributed by atoms with van der Waals surface area (Å²) in [6, 6.07) is 7.45. The Bertz CT molecular complexity index is 449. The standard InChI is InChI=1S/C14H18N2O2/c1-18-13-5-3-2-4-12(13)14(17)16-8-10-6-15-7-11(10)9-16/h2-5,10-11,15H,6-9H2,1H3. The quantitative estimate of drug-likeness (QED) is 0.846. The first-order chi connectivity index (χ1) is 8.79. The smallest absolute Gasteiger partial charge is 0.257 e. The third-order valence-electron chi connectivity index (χ3n) is 4.01. The third kappa shape index (κ3) is 1.86. The van der Waals surface area contributed by atoms with Crippen LogP contribution in [-0.4, -0.2) is 44.1 Å². The predicted molar refractivity (Wildman–Crippen MR) is 68.7 cm³/mol. The minimum atomic E-state index is 0.0989. The number of benzene rings is 1. The van der Waals surface area contributed by atoms with E-state index >= 15 is 0 Å². The van der Waals surface area contributed by atoms with Gasteiger partial charge in [-0.25, -0.2) is 0 Å². The van der Waals surface area contributed by atoms with Crippen LogP contribution in [0.25, 0.3) is 0 Å². The van der Waals surface area contributed by atoms with Crippen LogP contribution in [-0.2, 0) is 0 Å². The van der Waals surface area contributed by atoms with E-state index in [2.05, 4.69) is 5.32 Å². The van der Waals surface area contributed by atoms with Crippen molar-refractivity contribution in [2.75, 3.05) is 33.3 Å². The topological polar surface area (TPSA) is 41.6 Å². The van der Waals surface area contributed by atoms with Gasteiger partial charge in [-0.2, -0.15) is 0 Å². The van der Waals surface area contributed by atoms with Crippen LogP contribution in [0.3, 0.4) is 0 Å². The fourth-order valence-corrected chi connectivity index (χ4v) is 3.01. The number of hydrogen-bond donors (Lipinski definition) is 1. The maximum Gasteiger partial charge on any atom is 0.257 e. The van der Waals surface area contributed by atoms with Crippen molar-refractivity contribution in [2.24, 2.45) is 11.8 Å². The monoisotopic (exact) mass is 246 g/mol. The third-order valence-corrected chi connectivity index (χ3v) is 4.01. The van der Waals surface area contributed by atoms with Gasteiger partial charge in [0.25, 0.3) is 5.91 Å². The lowest BCUT2D eigenvalue weighted by Gasteiger charge is -2.18. The van der Waals surface area contributed by atoms with Crippen LogP contribution in [0, 0.1) is 11.8 Å². The Morgan fingerprint density at radius 3 is 2.61 bits per heavy atom. The summed E-state index contributed by atoms with van der Waals surface area (Å²) in [5, 5.41) is 3.38. The summed E-state index contributed by atoms with van der Waals surface area (Å²) < 4.78 is 5.26. The van der Waals surface area contributed by atoms with Gasteiger partial charge in [0.1, 0.15) is 5.75 Å². The molecule has 96 valence electrons. The summed E-state index contributed by atoms with van der Waals surface area (Å²) in [6.45, 7) is 3.82. The van der Waals surface area contributed by atoms with Crippen molar-refractivity contribution in [1.29, 1.82) is 0 Å². The Hall–Kier alpha value is -1.55. The van der Waals surface area contributed by atoms with E-state index in [0.717, 1.165) is 26.2 Å². The minimum absolute atomic E-state index is 0.0989. The van der Waals surface area contributed by atoms with Crippen molar-refractivity contribution < 1.29 is 9.53 Å². The first-order valence-corrected chi connectivity index (χ1v) is 6.42. The second kappa shape index (κ2) is 4.61. The van der Waals surface area contributed by atoms with Crippen LogP contribution in [0.4, 0.5) is 0 Å². The highest BCUT2D eigenvalue weighted by Crippen LogP contribution is 2.29. The molecule has 4 heteroatoms. The molecule has 0 aromatic heterocycles. The van der Waals surface area contributed by atoms with Crippen LogP contribution in [0.1, 0.15) is 10.4 Å². The molecule has 1 N–H and O–H groups in total. The number of para-hydroxylation sites is 1. The number of amides is 1. The molecule has 2 saturated heterocycles. The molecule has 1 aromatic carbocycles. The molecule has 2 heterocycles. The molecule has 4 nitrogen and oxygen atoms in total. The number of methoxy groups -OCH3 is 1. The van der Waals surface area contributed by atoms with E-state index in [9.17, 15) is 4.79 Å². The summed E-state index contributed by atoms with van der Waals surface area (Å²) in [7, 11) is 1.61. The molecule has 3 rings (SSSR count). The fraction of sp³-hybridized carbons (Fsp3) is 0.500. The first-order valence-electron chi connectivity index (χ1n) is 6.42. The average molecular weight is 246 g/mol. The number of fused-ring (bicyclic) bond motifs is 1. The zero-order valence-corrected chi connectivity index (χ0v) is 10.6. The summed E-state index contributed by atoms with van der Waals surface area (Å²) in [4.78, 5) is 14.4. The molecular weight excluding hydrogens is 228 g/mol. The fourth-order valence-electron chi connectivity index (χ4n) is 3.01. The Labute approximate surface area is 107 Å². The largest absolute Gasteiger partial charge is 0.496 e. The van der Waals surface area contributed by atoms with Crippen LogP contribution in [0.5, 0.6) is 5.75 Å². The van der Waals surface area contributed by atoms with E-state index < -0.39 is 0 Å². The number of rotatable bonds is 2. The second-order valence-electron chi connectivity index (χ2n) is 5.09. The average Bonchev–Trinajstić information content (AvgIpc) is 2.98. The Morgan fingerprint density at radius 1 is 1.28 bits per heavy atom. The number of carbonyl (C=O) groups is 1. The van der Waals surface area contributed by atoms with Crippen molar-refractivity contribution in [3.8, 4) is 5.75 Å². The highest BCUT2D eigenvalue weighted by atomic mass is 16.5. The molecule has 2 unspecified atom stereocenters. The van der Waals surface area contributed by atoms with Gasteiger partial charge in [0.15, 0.2) is 0 Å². The molecule has 0 aliphatic carbocycles. The van der Waals surface area contributed by atoms with Crippen LogP contribution in [0.15, 0.2) is 24.3 Å². The number of nitrogens with zero attached hydrogens (tertiary/aromatic N) is 1. The van der Waals surface area contributed by atoms with E-state index in [1.165, 1.54) is 0 Å². The predicted octanol–water partition coefficient (Wildman–Crippen LogP) is 0.987. The van der Waals surface area contributed by atoms with Gasteiger partial charge in [-0.15, -0.1) is 0 Å². The zero-order chi connectivity index (χ0) is 12.5. The van der Waals surface area contributed by atoms with Gasteiger partial charge in [-0.05, 0) is 24.0 Å². The second-order valence-corrected chi connectivity index (χ2v) is 5.09. The number of carbonyl (C=O) groups excluding carboxylic acids is 1. The Balaban J connectivity index is 1.79. The molecule has 0 spiro atoms. The highest BCUT2D eigenvalue weighted by molar-refractivity contribution is 5.97. The zero-order valence-electron chi connectivity index (χ0n) is 10.6. The van der Waals surface area contributed by atoms with E-state index in [1.54, 1.807) is 7.11 Å². The van der Waals surface area contributed by atoms with E-state index in [4.69, 9.17) is 4.74 Å². The molecule has 18 heavy (non-hydrogen) atoms. The van der Waals surface area contributed by atoms with Crippen molar-refractivity contribution >= 4 is 5.91 Å². The van der Waals surface area contributed by atoms with Gasteiger partial charge in [0.2, 0.25) is 0 Å². The maximum atomic E-state index is 12.5. The number of likely N-dealkylation sites (tertiary alicyclic amines) is 1. The molecule has 2 atom stereocenters. The van der Waals surface area contributed by atoms with Gasteiger partial charge in [-0.1, -0.05) is 12.1 Å². The van der Waals surface area contributed by atoms with Gasteiger partial charge in [0, 0.05) is 26.2 Å². The summed E-state index contributed by atoms with van der Waals surface area (Å²) in [5.74, 6) is 2.02. The molecule has 1 aromatic rings. The van der Waals surface area contributed by atoms with Gasteiger partial charge in [0.05, 0.1) is 12.7 Å². The lowest BCUT2D eigenvalue weighted by molar-refractivity contribution is 0.0778. The van der Waals surface area contributed by atoms with Crippen LogP contribution in [0.2, 0.25) is 0 Å². The van der Waals surface area contributed by atoms with Gasteiger partial charge in [-0.3, -0.25) is 4.79 Å². The van der Waals surface area contributed by atoms with Crippen LogP contribution >= 0.6 is 0 Å². The number of nitrogens with one attached hydrogen (secondary N) is 1. The lowest BCUT2D eigenvalue weighted by Crippen LogP contribution is -2.32. The Kier molecular flexibility index (Phi) is 2.96. The molecule has 0 radical (unpaired) electrons. The normalized spacial score (nSPS) is 26.2. The van der Waals surface area contributed by atoms with Crippen molar-refractivity contribution in [3.05, 3.63) is 29.8 Å². The van der Waals surface area contributed by atoms with E-state index in [1.807, 2.05) is 29.2 Å². The highest BCUT2D eigenvalue weighted by Gasteiger charge is 2.38. The molecule has 0 bridgehead atoms. The molecule has 0 saturated carbocycles. The van der Waals surface area contributed by atoms with E-state index in [-0.39, 0.29) is 5.91 Å². The summed E-state index contributed by atoms with van der Waals surface area (Å²) in [5.41, 5.74) is 0.674. The van der Waals surface area contributed by atoms with Gasteiger partial charge < -0.3 is 15.0 Å². The summed E-state index contributed by atoms with van der Waals surface area (Å²) >= 11 is 0. The number of ether oxygens (including phenoxy) is 1. The van der Waals surface area contributed by atoms with Crippen molar-refractivity contribution in [1.82, 2.24) is 10.2 Å². The van der Waals surface area contributed by atoms with Crippen molar-refractivity contribution in [3.63, 3.8) is 0 Å². The molecule has 2 fully saturated rings. The molecule has 2 aliphatic heterocycles.